The maximum Gasteiger partial charge on any atom is 0.319 e. The normalized spacial score (nSPS) is 16.9. The van der Waals surface area contributed by atoms with Gasteiger partial charge < -0.3 is 14.6 Å². The molecule has 7 nitrogen and oxygen atoms in total. The van der Waals surface area contributed by atoms with Crippen LogP contribution in [0.2, 0.25) is 0 Å². The number of phenolic OH excluding ortho intramolecular Hbond substituents is 1. The summed E-state index contributed by atoms with van der Waals surface area (Å²) in [6.07, 6.45) is 5.99. The summed E-state index contributed by atoms with van der Waals surface area (Å²) in [5.74, 6) is -0.524. The first-order valence-corrected chi connectivity index (χ1v) is 12.0. The van der Waals surface area contributed by atoms with E-state index >= 15 is 0 Å². The van der Waals surface area contributed by atoms with Gasteiger partial charge in [0.15, 0.2) is 0 Å². The molecule has 0 saturated heterocycles. The quantitative estimate of drug-likeness (QED) is 0.143. The molecule has 1 heterocycles. The largest absolute Gasteiger partial charge is 0.507 e. The van der Waals surface area contributed by atoms with Gasteiger partial charge in [0.25, 0.3) is 5.69 Å². The van der Waals surface area contributed by atoms with Crippen LogP contribution in [0.4, 0.5) is 5.69 Å². The number of unbranched alkanes of at least 4 members (excludes halogenated alkanes) is 3. The Labute approximate surface area is 201 Å². The van der Waals surface area contributed by atoms with E-state index in [2.05, 4.69) is 20.8 Å². The Balaban J connectivity index is 1.88. The second-order valence-corrected chi connectivity index (χ2v) is 10.4. The van der Waals surface area contributed by atoms with E-state index in [1.54, 1.807) is 6.07 Å². The second-order valence-electron chi connectivity index (χ2n) is 10.4. The summed E-state index contributed by atoms with van der Waals surface area (Å²) in [7, 11) is 0. The average molecular weight is 470 g/mol. The third kappa shape index (κ3) is 5.88. The van der Waals surface area contributed by atoms with Crippen LogP contribution in [0, 0.1) is 10.1 Å². The van der Waals surface area contributed by atoms with Crippen LogP contribution in [0.1, 0.15) is 90.2 Å². The minimum atomic E-state index is -0.726. The molecule has 184 valence electrons. The first-order chi connectivity index (χ1) is 15.9. The number of carbonyl (C=O) groups excluding carboxylic acids is 1. The third-order valence-electron chi connectivity index (χ3n) is 6.54. The zero-order valence-corrected chi connectivity index (χ0v) is 20.7. The van der Waals surface area contributed by atoms with Crippen molar-refractivity contribution >= 4 is 11.7 Å². The maximum absolute atomic E-state index is 13.2. The molecule has 0 spiro atoms. The number of phenols is 1. The number of nitro groups is 1. The van der Waals surface area contributed by atoms with Gasteiger partial charge in [0, 0.05) is 18.6 Å². The summed E-state index contributed by atoms with van der Waals surface area (Å²) in [4.78, 5) is 23.5. The lowest BCUT2D eigenvalue weighted by atomic mass is 9.77. The van der Waals surface area contributed by atoms with E-state index in [0.29, 0.717) is 17.7 Å². The van der Waals surface area contributed by atoms with E-state index < -0.39 is 22.4 Å². The Kier molecular flexibility index (Phi) is 7.54. The van der Waals surface area contributed by atoms with E-state index in [-0.39, 0.29) is 22.6 Å². The van der Waals surface area contributed by atoms with Crippen LogP contribution in [0.25, 0.3) is 0 Å². The molecule has 1 unspecified atom stereocenters. The SMILES string of the molecule is CCCCCCC(C)(C)c1cc(O)c2c(c1)OC(C)(C)CC2C(=O)Oc1ccc([N+](=O)[O-])cc1. The standard InChI is InChI=1S/C27H35NO6/c1-6-7-8-9-14-26(2,3)18-15-22(29)24-21(17-27(4,5)34-23(24)16-18)25(30)33-20-12-10-19(11-13-20)28(31)32/h10-13,15-16,21,29H,6-9,14,17H2,1-5H3. The number of fused-ring (bicyclic) bond motifs is 1. The Bertz CT molecular complexity index is 1040. The lowest BCUT2D eigenvalue weighted by Gasteiger charge is -2.38. The number of esters is 1. The Hall–Kier alpha value is -3.09. The van der Waals surface area contributed by atoms with Crippen molar-refractivity contribution < 1.29 is 24.3 Å². The van der Waals surface area contributed by atoms with Crippen LogP contribution in [0.15, 0.2) is 36.4 Å². The van der Waals surface area contributed by atoms with Crippen LogP contribution < -0.4 is 9.47 Å². The molecule has 2 aromatic rings. The van der Waals surface area contributed by atoms with Gasteiger partial charge in [0.2, 0.25) is 0 Å². The van der Waals surface area contributed by atoms with Gasteiger partial charge in [-0.2, -0.15) is 0 Å². The van der Waals surface area contributed by atoms with E-state index in [1.165, 1.54) is 43.5 Å². The molecule has 1 aliphatic heterocycles. The fraction of sp³-hybridized carbons (Fsp3) is 0.519. The van der Waals surface area contributed by atoms with Crippen molar-refractivity contribution in [2.45, 2.75) is 90.1 Å². The Morgan fingerprint density at radius 3 is 2.50 bits per heavy atom. The van der Waals surface area contributed by atoms with Gasteiger partial charge in [0.05, 0.1) is 16.4 Å². The first-order valence-electron chi connectivity index (χ1n) is 12.0. The summed E-state index contributed by atoms with van der Waals surface area (Å²) in [5, 5.41) is 21.9. The molecule has 34 heavy (non-hydrogen) atoms. The van der Waals surface area contributed by atoms with Crippen LogP contribution in [-0.4, -0.2) is 21.6 Å². The van der Waals surface area contributed by atoms with Crippen molar-refractivity contribution in [1.29, 1.82) is 0 Å². The van der Waals surface area contributed by atoms with E-state index in [4.69, 9.17) is 9.47 Å². The zero-order valence-electron chi connectivity index (χ0n) is 20.7. The topological polar surface area (TPSA) is 98.9 Å². The Morgan fingerprint density at radius 2 is 1.88 bits per heavy atom. The van der Waals surface area contributed by atoms with Gasteiger partial charge >= 0.3 is 5.97 Å². The molecule has 7 heteroatoms. The predicted octanol–water partition coefficient (Wildman–Crippen LogP) is 6.80. The number of non-ortho nitro benzene ring substituents is 1. The maximum atomic E-state index is 13.2. The van der Waals surface area contributed by atoms with Crippen molar-refractivity contribution in [3.05, 3.63) is 57.6 Å². The molecule has 0 fully saturated rings. The monoisotopic (exact) mass is 469 g/mol. The second kappa shape index (κ2) is 10.0. The number of hydrogen-bond acceptors (Lipinski definition) is 6. The molecule has 2 aromatic carbocycles. The number of benzene rings is 2. The number of ether oxygens (including phenoxy) is 2. The van der Waals surface area contributed by atoms with Gasteiger partial charge in [-0.25, -0.2) is 0 Å². The van der Waals surface area contributed by atoms with Crippen LogP contribution in [-0.2, 0) is 10.2 Å². The molecule has 0 radical (unpaired) electrons. The lowest BCUT2D eigenvalue weighted by Crippen LogP contribution is -2.38. The summed E-state index contributed by atoms with van der Waals surface area (Å²) >= 11 is 0. The van der Waals surface area contributed by atoms with Crippen molar-refractivity contribution in [2.75, 3.05) is 0 Å². The molecule has 1 atom stereocenters. The molecule has 0 amide bonds. The molecular formula is C27H35NO6. The van der Waals surface area contributed by atoms with Crippen molar-refractivity contribution in [2.24, 2.45) is 0 Å². The summed E-state index contributed by atoms with van der Waals surface area (Å²) in [5.41, 5.74) is 0.527. The van der Waals surface area contributed by atoms with Gasteiger partial charge in [0.1, 0.15) is 22.8 Å². The number of hydrogen-bond donors (Lipinski definition) is 1. The minimum Gasteiger partial charge on any atom is -0.507 e. The van der Waals surface area contributed by atoms with Crippen molar-refractivity contribution in [1.82, 2.24) is 0 Å². The molecule has 1 N–H and O–H groups in total. The molecule has 0 aromatic heterocycles. The van der Waals surface area contributed by atoms with Crippen LogP contribution in [0.3, 0.4) is 0 Å². The molecule has 1 aliphatic rings. The fourth-order valence-corrected chi connectivity index (χ4v) is 4.53. The fourth-order valence-electron chi connectivity index (χ4n) is 4.53. The highest BCUT2D eigenvalue weighted by Crippen LogP contribution is 2.48. The van der Waals surface area contributed by atoms with Crippen LogP contribution in [0.5, 0.6) is 17.2 Å². The third-order valence-corrected chi connectivity index (χ3v) is 6.54. The van der Waals surface area contributed by atoms with E-state index in [0.717, 1.165) is 18.4 Å². The summed E-state index contributed by atoms with van der Waals surface area (Å²) in [6.45, 7) is 10.3. The molecule has 3 rings (SSSR count). The molecule has 0 bridgehead atoms. The highest BCUT2D eigenvalue weighted by molar-refractivity contribution is 5.83. The van der Waals surface area contributed by atoms with E-state index in [9.17, 15) is 20.0 Å². The Morgan fingerprint density at radius 1 is 1.21 bits per heavy atom. The van der Waals surface area contributed by atoms with Crippen LogP contribution >= 0.6 is 0 Å². The van der Waals surface area contributed by atoms with Gasteiger partial charge in [-0.15, -0.1) is 0 Å². The van der Waals surface area contributed by atoms with E-state index in [1.807, 2.05) is 19.9 Å². The molecule has 0 saturated carbocycles. The van der Waals surface area contributed by atoms with Crippen molar-refractivity contribution in [3.8, 4) is 17.2 Å². The zero-order chi connectivity index (χ0) is 25.1. The number of carbonyl (C=O) groups is 1. The van der Waals surface area contributed by atoms with Crippen molar-refractivity contribution in [3.63, 3.8) is 0 Å². The minimum absolute atomic E-state index is 0.0234. The lowest BCUT2D eigenvalue weighted by molar-refractivity contribution is -0.384. The smallest absolute Gasteiger partial charge is 0.319 e. The highest BCUT2D eigenvalue weighted by atomic mass is 16.6. The molecular weight excluding hydrogens is 434 g/mol. The first kappa shape index (κ1) is 25.5. The number of nitro benzene ring substituents is 1. The molecule has 0 aliphatic carbocycles. The number of aromatic hydroxyl groups is 1. The highest BCUT2D eigenvalue weighted by Gasteiger charge is 2.41. The predicted molar refractivity (Wildman–Crippen MR) is 131 cm³/mol. The summed E-state index contributed by atoms with van der Waals surface area (Å²) < 4.78 is 11.7. The average Bonchev–Trinajstić information content (AvgIpc) is 2.75. The van der Waals surface area contributed by atoms with Gasteiger partial charge in [-0.05, 0) is 55.5 Å². The number of nitrogens with zero attached hydrogens (tertiary/aromatic N) is 1. The number of rotatable bonds is 9. The summed E-state index contributed by atoms with van der Waals surface area (Å²) in [6, 6.07) is 9.05. The van der Waals surface area contributed by atoms with Gasteiger partial charge in [-0.3, -0.25) is 14.9 Å². The van der Waals surface area contributed by atoms with Gasteiger partial charge in [-0.1, -0.05) is 46.5 Å².